The Balaban J connectivity index is 2.79. The highest BCUT2D eigenvalue weighted by molar-refractivity contribution is 5.70. The maximum Gasteiger partial charge on any atom is 0.414 e. The van der Waals surface area contributed by atoms with Gasteiger partial charge in [0.05, 0.1) is 5.69 Å². The summed E-state index contributed by atoms with van der Waals surface area (Å²) in [6.45, 7) is 0.566. The fraction of sp³-hybridized carbons (Fsp3) is 0.400. The van der Waals surface area contributed by atoms with Gasteiger partial charge in [-0.15, -0.1) is 0 Å². The van der Waals surface area contributed by atoms with Crippen LogP contribution < -0.4 is 10.1 Å². The van der Waals surface area contributed by atoms with E-state index in [1.54, 1.807) is 32.4 Å². The first-order valence-corrected chi connectivity index (χ1v) is 4.62. The van der Waals surface area contributed by atoms with Crippen molar-refractivity contribution in [2.24, 2.45) is 0 Å². The van der Waals surface area contributed by atoms with Crippen LogP contribution in [0, 0.1) is 0 Å². The van der Waals surface area contributed by atoms with E-state index in [1.165, 1.54) is 4.90 Å². The largest absolute Gasteiger partial charge is 0.414 e. The first-order chi connectivity index (χ1) is 7.15. The van der Waals surface area contributed by atoms with E-state index in [4.69, 9.17) is 4.74 Å². The molecule has 1 N–H and O–H groups in total. The summed E-state index contributed by atoms with van der Waals surface area (Å²) >= 11 is 0. The van der Waals surface area contributed by atoms with Crippen LogP contribution in [0.2, 0.25) is 0 Å². The van der Waals surface area contributed by atoms with E-state index in [1.807, 2.05) is 7.05 Å². The minimum atomic E-state index is -0.402. The molecule has 0 bridgehead atoms. The Morgan fingerprint density at radius 1 is 1.60 bits per heavy atom. The molecule has 1 amide bonds. The quantitative estimate of drug-likeness (QED) is 0.802. The first-order valence-electron chi connectivity index (χ1n) is 4.62. The van der Waals surface area contributed by atoms with Crippen LogP contribution in [-0.2, 0) is 6.54 Å². The van der Waals surface area contributed by atoms with Crippen molar-refractivity contribution in [3.63, 3.8) is 0 Å². The van der Waals surface area contributed by atoms with Gasteiger partial charge in [0.1, 0.15) is 0 Å². The molecule has 0 fully saturated rings. The summed E-state index contributed by atoms with van der Waals surface area (Å²) in [4.78, 5) is 16.8. The Kier molecular flexibility index (Phi) is 4.05. The van der Waals surface area contributed by atoms with E-state index in [0.717, 1.165) is 5.69 Å². The van der Waals surface area contributed by atoms with E-state index in [2.05, 4.69) is 10.3 Å². The standard InChI is InChI=1S/C10H15N3O2/c1-11-7-8-9(5-4-6-12-8)15-10(14)13(2)3/h4-6,11H,7H2,1-3H3. The predicted octanol–water partition coefficient (Wildman–Crippen LogP) is 0.861. The third-order valence-electron chi connectivity index (χ3n) is 1.76. The molecule has 5 heteroatoms. The van der Waals surface area contributed by atoms with Crippen LogP contribution >= 0.6 is 0 Å². The Morgan fingerprint density at radius 3 is 2.93 bits per heavy atom. The Hall–Kier alpha value is -1.62. The minimum Gasteiger partial charge on any atom is -0.408 e. The second-order valence-corrected chi connectivity index (χ2v) is 3.24. The fourth-order valence-electron chi connectivity index (χ4n) is 1.00. The van der Waals surface area contributed by atoms with Crippen molar-refractivity contribution in [2.45, 2.75) is 6.54 Å². The monoisotopic (exact) mass is 209 g/mol. The van der Waals surface area contributed by atoms with Crippen molar-refractivity contribution >= 4 is 6.09 Å². The predicted molar refractivity (Wildman–Crippen MR) is 56.7 cm³/mol. The van der Waals surface area contributed by atoms with Gasteiger partial charge in [0.25, 0.3) is 0 Å². The van der Waals surface area contributed by atoms with E-state index >= 15 is 0 Å². The minimum absolute atomic E-state index is 0.402. The summed E-state index contributed by atoms with van der Waals surface area (Å²) in [5, 5.41) is 2.96. The summed E-state index contributed by atoms with van der Waals surface area (Å²) < 4.78 is 5.14. The molecule has 0 saturated carbocycles. The lowest BCUT2D eigenvalue weighted by molar-refractivity contribution is 0.171. The molecule has 0 radical (unpaired) electrons. The average molecular weight is 209 g/mol. The lowest BCUT2D eigenvalue weighted by Crippen LogP contribution is -2.26. The van der Waals surface area contributed by atoms with Crippen molar-refractivity contribution in [1.82, 2.24) is 15.2 Å². The number of pyridine rings is 1. The maximum atomic E-state index is 11.3. The maximum absolute atomic E-state index is 11.3. The van der Waals surface area contributed by atoms with Crippen LogP contribution in [0.3, 0.4) is 0 Å². The third kappa shape index (κ3) is 3.21. The number of ether oxygens (including phenoxy) is 1. The van der Waals surface area contributed by atoms with Crippen molar-refractivity contribution in [1.29, 1.82) is 0 Å². The van der Waals surface area contributed by atoms with E-state index in [-0.39, 0.29) is 0 Å². The molecule has 0 aliphatic heterocycles. The van der Waals surface area contributed by atoms with Gasteiger partial charge in [0, 0.05) is 26.8 Å². The number of hydrogen-bond acceptors (Lipinski definition) is 4. The third-order valence-corrected chi connectivity index (χ3v) is 1.76. The highest BCUT2D eigenvalue weighted by atomic mass is 16.6. The molecule has 15 heavy (non-hydrogen) atoms. The molecule has 5 nitrogen and oxygen atoms in total. The van der Waals surface area contributed by atoms with Crippen LogP contribution in [0.5, 0.6) is 5.75 Å². The zero-order valence-corrected chi connectivity index (χ0v) is 9.15. The molecule has 0 aliphatic carbocycles. The summed E-state index contributed by atoms with van der Waals surface area (Å²) in [5.41, 5.74) is 0.718. The number of aromatic nitrogens is 1. The van der Waals surface area contributed by atoms with Gasteiger partial charge < -0.3 is 15.0 Å². The Morgan fingerprint density at radius 2 is 2.33 bits per heavy atom. The number of carbonyl (C=O) groups is 1. The van der Waals surface area contributed by atoms with Gasteiger partial charge in [-0.2, -0.15) is 0 Å². The number of hydrogen-bond donors (Lipinski definition) is 1. The van der Waals surface area contributed by atoms with Gasteiger partial charge in [-0.25, -0.2) is 4.79 Å². The molecule has 1 heterocycles. The van der Waals surface area contributed by atoms with E-state index in [0.29, 0.717) is 12.3 Å². The lowest BCUT2D eigenvalue weighted by atomic mass is 10.3. The van der Waals surface area contributed by atoms with E-state index < -0.39 is 6.09 Å². The zero-order valence-electron chi connectivity index (χ0n) is 9.15. The summed E-state index contributed by atoms with van der Waals surface area (Å²) in [6.07, 6.45) is 1.26. The Labute approximate surface area is 89.1 Å². The number of nitrogens with zero attached hydrogens (tertiary/aromatic N) is 2. The van der Waals surface area contributed by atoms with Gasteiger partial charge in [0.2, 0.25) is 0 Å². The second-order valence-electron chi connectivity index (χ2n) is 3.24. The molecule has 0 spiro atoms. The van der Waals surface area contributed by atoms with Gasteiger partial charge in [-0.3, -0.25) is 4.98 Å². The molecule has 0 aliphatic rings. The van der Waals surface area contributed by atoms with Crippen LogP contribution in [0.15, 0.2) is 18.3 Å². The van der Waals surface area contributed by atoms with Crippen molar-refractivity contribution in [3.05, 3.63) is 24.0 Å². The zero-order chi connectivity index (χ0) is 11.3. The molecule has 0 unspecified atom stereocenters. The smallest absolute Gasteiger partial charge is 0.408 e. The number of rotatable bonds is 3. The van der Waals surface area contributed by atoms with Crippen molar-refractivity contribution in [3.8, 4) is 5.75 Å². The molecule has 0 aromatic carbocycles. The van der Waals surface area contributed by atoms with Gasteiger partial charge >= 0.3 is 6.09 Å². The van der Waals surface area contributed by atoms with Crippen molar-refractivity contribution < 1.29 is 9.53 Å². The average Bonchev–Trinajstić information content (AvgIpc) is 2.21. The molecular weight excluding hydrogens is 194 g/mol. The lowest BCUT2D eigenvalue weighted by Gasteiger charge is -2.12. The van der Waals surface area contributed by atoms with Gasteiger partial charge in [-0.1, -0.05) is 0 Å². The molecular formula is C10H15N3O2. The van der Waals surface area contributed by atoms with Crippen LogP contribution in [0.4, 0.5) is 4.79 Å². The summed E-state index contributed by atoms with van der Waals surface area (Å²) in [5.74, 6) is 0.491. The summed E-state index contributed by atoms with van der Waals surface area (Å²) in [6, 6.07) is 3.46. The van der Waals surface area contributed by atoms with Crippen LogP contribution in [0.1, 0.15) is 5.69 Å². The molecule has 1 aromatic heterocycles. The van der Waals surface area contributed by atoms with Crippen LogP contribution in [0.25, 0.3) is 0 Å². The first kappa shape index (κ1) is 11.5. The molecule has 1 aromatic rings. The second kappa shape index (κ2) is 5.31. The topological polar surface area (TPSA) is 54.5 Å². The fourth-order valence-corrected chi connectivity index (χ4v) is 1.00. The highest BCUT2D eigenvalue weighted by Crippen LogP contribution is 2.15. The SMILES string of the molecule is CNCc1ncccc1OC(=O)N(C)C. The highest BCUT2D eigenvalue weighted by Gasteiger charge is 2.10. The Bertz CT molecular complexity index is 339. The normalized spacial score (nSPS) is 9.80. The summed E-state index contributed by atoms with van der Waals surface area (Å²) in [7, 11) is 5.08. The van der Waals surface area contributed by atoms with Gasteiger partial charge in [-0.05, 0) is 19.2 Å². The molecule has 0 atom stereocenters. The van der Waals surface area contributed by atoms with Gasteiger partial charge in [0.15, 0.2) is 5.75 Å². The number of nitrogens with one attached hydrogen (secondary N) is 1. The van der Waals surface area contributed by atoms with E-state index in [9.17, 15) is 4.79 Å². The number of amides is 1. The van der Waals surface area contributed by atoms with Crippen molar-refractivity contribution in [2.75, 3.05) is 21.1 Å². The molecule has 82 valence electrons. The van der Waals surface area contributed by atoms with Crippen LogP contribution in [-0.4, -0.2) is 37.1 Å². The molecule has 0 saturated heterocycles. The molecule has 1 rings (SSSR count). The number of carbonyl (C=O) groups excluding carboxylic acids is 1.